The number of nitrogens with one attached hydrogen (secondary N) is 1. The molecule has 0 heterocycles. The molecule has 0 aliphatic rings. The molecule has 0 aromatic heterocycles. The van der Waals surface area contributed by atoms with E-state index in [1.54, 1.807) is 26.0 Å². The van der Waals surface area contributed by atoms with Crippen LogP contribution in [0.2, 0.25) is 0 Å². The van der Waals surface area contributed by atoms with Crippen LogP contribution in [0.15, 0.2) is 47.4 Å². The fraction of sp³-hybridized carbons (Fsp3) is 0.316. The fourth-order valence-electron chi connectivity index (χ4n) is 2.53. The van der Waals surface area contributed by atoms with Crippen molar-refractivity contribution in [1.29, 1.82) is 0 Å². The summed E-state index contributed by atoms with van der Waals surface area (Å²) >= 11 is 1.65. The van der Waals surface area contributed by atoms with Crippen LogP contribution in [-0.2, 0) is 4.79 Å². The Kier molecular flexibility index (Phi) is 6.55. The largest absolute Gasteiger partial charge is 0.497 e. The van der Waals surface area contributed by atoms with E-state index in [2.05, 4.69) is 5.32 Å². The van der Waals surface area contributed by atoms with Gasteiger partial charge in [0, 0.05) is 23.1 Å². The molecule has 0 bridgehead atoms. The summed E-state index contributed by atoms with van der Waals surface area (Å²) in [5.41, 5.74) is 1.81. The minimum absolute atomic E-state index is 0.0152. The summed E-state index contributed by atoms with van der Waals surface area (Å²) < 4.78 is 10.6. The van der Waals surface area contributed by atoms with Crippen LogP contribution < -0.4 is 14.8 Å². The number of carbonyl (C=O) groups excluding carboxylic acids is 1. The van der Waals surface area contributed by atoms with Gasteiger partial charge in [0.15, 0.2) is 0 Å². The van der Waals surface area contributed by atoms with Gasteiger partial charge >= 0.3 is 0 Å². The fourth-order valence-corrected chi connectivity index (χ4v) is 2.99. The molecular weight excluding hydrogens is 322 g/mol. The van der Waals surface area contributed by atoms with Crippen LogP contribution in [0.5, 0.6) is 11.5 Å². The van der Waals surface area contributed by atoms with E-state index < -0.39 is 0 Å². The monoisotopic (exact) mass is 345 g/mol. The summed E-state index contributed by atoms with van der Waals surface area (Å²) in [6.45, 7) is 2.02. The van der Waals surface area contributed by atoms with Crippen LogP contribution in [0.25, 0.3) is 0 Å². The molecule has 2 aromatic rings. The Hall–Kier alpha value is -2.14. The van der Waals surface area contributed by atoms with E-state index in [1.165, 1.54) is 0 Å². The maximum Gasteiger partial charge on any atom is 0.224 e. The van der Waals surface area contributed by atoms with Crippen molar-refractivity contribution in [2.45, 2.75) is 24.2 Å². The number of thioether (sulfide) groups is 1. The molecule has 0 saturated carbocycles. The number of methoxy groups -OCH3 is 2. The zero-order valence-corrected chi connectivity index (χ0v) is 15.3. The van der Waals surface area contributed by atoms with Gasteiger partial charge in [0.05, 0.1) is 14.2 Å². The molecule has 2 rings (SSSR count). The van der Waals surface area contributed by atoms with Gasteiger partial charge in [-0.1, -0.05) is 19.1 Å². The Morgan fingerprint density at radius 3 is 2.62 bits per heavy atom. The van der Waals surface area contributed by atoms with Gasteiger partial charge in [-0.25, -0.2) is 0 Å². The molecule has 0 spiro atoms. The molecule has 128 valence electrons. The van der Waals surface area contributed by atoms with Crippen LogP contribution in [-0.4, -0.2) is 26.4 Å². The molecule has 1 N–H and O–H groups in total. The number of amides is 1. The molecule has 0 saturated heterocycles. The van der Waals surface area contributed by atoms with Crippen LogP contribution in [0.4, 0.5) is 5.69 Å². The zero-order valence-electron chi connectivity index (χ0n) is 14.5. The third kappa shape index (κ3) is 4.68. The maximum atomic E-state index is 12.3. The Morgan fingerprint density at radius 1 is 1.17 bits per heavy atom. The number of rotatable bonds is 7. The quantitative estimate of drug-likeness (QED) is 0.748. The lowest BCUT2D eigenvalue weighted by Gasteiger charge is -2.16. The number of hydrogen-bond acceptors (Lipinski definition) is 4. The summed E-state index contributed by atoms with van der Waals surface area (Å²) in [7, 11) is 3.24. The first kappa shape index (κ1) is 18.2. The molecule has 0 fully saturated rings. The second kappa shape index (κ2) is 8.64. The van der Waals surface area contributed by atoms with Crippen LogP contribution >= 0.6 is 11.8 Å². The number of carbonyl (C=O) groups is 1. The molecule has 24 heavy (non-hydrogen) atoms. The topological polar surface area (TPSA) is 47.6 Å². The van der Waals surface area contributed by atoms with Crippen LogP contribution in [0, 0.1) is 0 Å². The number of ether oxygens (including phenoxy) is 2. The zero-order chi connectivity index (χ0) is 17.5. The highest BCUT2D eigenvalue weighted by atomic mass is 32.2. The van der Waals surface area contributed by atoms with Crippen molar-refractivity contribution >= 4 is 23.4 Å². The van der Waals surface area contributed by atoms with Crippen LogP contribution in [0.3, 0.4) is 0 Å². The smallest absolute Gasteiger partial charge is 0.224 e. The molecule has 1 amide bonds. The molecule has 1 unspecified atom stereocenters. The van der Waals surface area contributed by atoms with E-state index in [0.29, 0.717) is 6.42 Å². The molecule has 0 aliphatic carbocycles. The SMILES string of the molecule is COc1ccc(C(C)CC(=O)Nc2cccc(SC)c2)c(OC)c1. The first-order valence-electron chi connectivity index (χ1n) is 7.73. The number of hydrogen-bond donors (Lipinski definition) is 1. The van der Waals surface area contributed by atoms with Gasteiger partial charge in [-0.2, -0.15) is 0 Å². The van der Waals surface area contributed by atoms with E-state index in [1.807, 2.05) is 55.6 Å². The summed E-state index contributed by atoms with van der Waals surface area (Å²) in [6, 6.07) is 13.5. The van der Waals surface area contributed by atoms with Gasteiger partial charge < -0.3 is 14.8 Å². The highest BCUT2D eigenvalue weighted by Gasteiger charge is 2.16. The highest BCUT2D eigenvalue weighted by Crippen LogP contribution is 2.32. The average Bonchev–Trinajstić information content (AvgIpc) is 2.60. The summed E-state index contributed by atoms with van der Waals surface area (Å²) in [5.74, 6) is 1.49. The van der Waals surface area contributed by atoms with Crippen molar-refractivity contribution in [2.75, 3.05) is 25.8 Å². The van der Waals surface area contributed by atoms with Crippen LogP contribution in [0.1, 0.15) is 24.8 Å². The second-order valence-corrected chi connectivity index (χ2v) is 6.37. The lowest BCUT2D eigenvalue weighted by atomic mass is 9.96. The van der Waals surface area contributed by atoms with E-state index in [4.69, 9.17) is 9.47 Å². The van der Waals surface area contributed by atoms with Crippen molar-refractivity contribution in [2.24, 2.45) is 0 Å². The summed E-state index contributed by atoms with van der Waals surface area (Å²) in [4.78, 5) is 13.5. The molecule has 2 aromatic carbocycles. The lowest BCUT2D eigenvalue weighted by Crippen LogP contribution is -2.14. The van der Waals surface area contributed by atoms with Gasteiger partial charge in [-0.05, 0) is 42.0 Å². The van der Waals surface area contributed by atoms with Gasteiger partial charge in [-0.15, -0.1) is 11.8 Å². The van der Waals surface area contributed by atoms with E-state index in [0.717, 1.165) is 27.6 Å². The minimum Gasteiger partial charge on any atom is -0.497 e. The van der Waals surface area contributed by atoms with Crippen molar-refractivity contribution in [1.82, 2.24) is 0 Å². The Labute approximate surface area is 147 Å². The van der Waals surface area contributed by atoms with E-state index >= 15 is 0 Å². The predicted molar refractivity (Wildman–Crippen MR) is 99.4 cm³/mol. The van der Waals surface area contributed by atoms with E-state index in [9.17, 15) is 4.79 Å². The average molecular weight is 345 g/mol. The Morgan fingerprint density at radius 2 is 1.96 bits per heavy atom. The summed E-state index contributed by atoms with van der Waals surface area (Å²) in [5, 5.41) is 2.96. The molecule has 0 radical (unpaired) electrons. The van der Waals surface area contributed by atoms with Crippen molar-refractivity contribution in [3.05, 3.63) is 48.0 Å². The Balaban J connectivity index is 2.05. The van der Waals surface area contributed by atoms with Crippen molar-refractivity contribution < 1.29 is 14.3 Å². The third-order valence-electron chi connectivity index (χ3n) is 3.82. The molecule has 5 heteroatoms. The molecule has 0 aliphatic heterocycles. The van der Waals surface area contributed by atoms with Crippen molar-refractivity contribution in [3.63, 3.8) is 0 Å². The van der Waals surface area contributed by atoms with Gasteiger partial charge in [0.1, 0.15) is 11.5 Å². The first-order valence-corrected chi connectivity index (χ1v) is 8.95. The minimum atomic E-state index is -0.0152. The second-order valence-electron chi connectivity index (χ2n) is 5.49. The predicted octanol–water partition coefficient (Wildman–Crippen LogP) is 4.56. The molecule has 4 nitrogen and oxygen atoms in total. The summed E-state index contributed by atoms with van der Waals surface area (Å²) in [6.07, 6.45) is 2.39. The number of benzene rings is 2. The van der Waals surface area contributed by atoms with Gasteiger partial charge in [0.25, 0.3) is 0 Å². The number of anilines is 1. The van der Waals surface area contributed by atoms with Gasteiger partial charge in [0.2, 0.25) is 5.91 Å². The highest BCUT2D eigenvalue weighted by molar-refractivity contribution is 7.98. The van der Waals surface area contributed by atoms with Gasteiger partial charge in [-0.3, -0.25) is 4.79 Å². The molecule has 1 atom stereocenters. The standard InChI is InChI=1S/C19H23NO3S/c1-13(17-9-8-15(22-2)12-18(17)23-3)10-19(21)20-14-6-5-7-16(11-14)24-4/h5-9,11-13H,10H2,1-4H3,(H,20,21). The molecular formula is C19H23NO3S. The van der Waals surface area contributed by atoms with E-state index in [-0.39, 0.29) is 11.8 Å². The maximum absolute atomic E-state index is 12.3. The third-order valence-corrected chi connectivity index (χ3v) is 4.54. The Bertz CT molecular complexity index is 703. The lowest BCUT2D eigenvalue weighted by molar-refractivity contribution is -0.116. The first-order chi connectivity index (χ1) is 11.6. The van der Waals surface area contributed by atoms with Crippen molar-refractivity contribution in [3.8, 4) is 11.5 Å². The normalized spacial score (nSPS) is 11.7.